The van der Waals surface area contributed by atoms with Crippen LogP contribution in [0.5, 0.6) is 0 Å². The summed E-state index contributed by atoms with van der Waals surface area (Å²) in [5.41, 5.74) is 8.55. The zero-order chi connectivity index (χ0) is 11.5. The molecule has 2 rings (SSSR count). The van der Waals surface area contributed by atoms with Crippen molar-refractivity contribution in [2.45, 2.75) is 45.1 Å². The normalized spacial score (nSPS) is 18.9. The average molecular weight is 238 g/mol. The van der Waals surface area contributed by atoms with Gasteiger partial charge in [-0.25, -0.2) is 0 Å². The Bertz CT molecular complexity index is 356. The number of hydrogen-bond acceptors (Lipinski definition) is 1. The lowest BCUT2D eigenvalue weighted by molar-refractivity contribution is 0.451. The molecular weight excluding hydrogens is 218 g/mol. The zero-order valence-electron chi connectivity index (χ0n) is 9.88. The molecule has 0 aromatic heterocycles. The highest BCUT2D eigenvalue weighted by Gasteiger charge is 2.20. The lowest BCUT2D eigenvalue weighted by Gasteiger charge is -2.18. The zero-order valence-corrected chi connectivity index (χ0v) is 10.6. The molecule has 0 heterocycles. The molecule has 1 aromatic rings. The second kappa shape index (κ2) is 5.20. The van der Waals surface area contributed by atoms with Crippen molar-refractivity contribution in [3.8, 4) is 0 Å². The van der Waals surface area contributed by atoms with Gasteiger partial charge in [0.05, 0.1) is 0 Å². The standard InChI is InChI=1S/C14H20ClN/c1-10-6-7-12(13(15)8-10)14(16)9-11-4-2-3-5-11/h6-8,11,14H,2-5,9,16H2,1H3. The molecule has 0 spiro atoms. The van der Waals surface area contributed by atoms with Crippen molar-refractivity contribution in [2.75, 3.05) is 0 Å². The van der Waals surface area contributed by atoms with Crippen LogP contribution < -0.4 is 5.73 Å². The summed E-state index contributed by atoms with van der Waals surface area (Å²) in [4.78, 5) is 0. The molecule has 1 aliphatic carbocycles. The van der Waals surface area contributed by atoms with E-state index in [2.05, 4.69) is 19.1 Å². The van der Waals surface area contributed by atoms with E-state index in [0.29, 0.717) is 0 Å². The number of rotatable bonds is 3. The van der Waals surface area contributed by atoms with Gasteiger partial charge in [0.15, 0.2) is 0 Å². The fourth-order valence-electron chi connectivity index (χ4n) is 2.67. The summed E-state index contributed by atoms with van der Waals surface area (Å²) in [5, 5.41) is 0.825. The summed E-state index contributed by atoms with van der Waals surface area (Å²) in [6.45, 7) is 2.05. The molecule has 1 aromatic carbocycles. The highest BCUT2D eigenvalue weighted by atomic mass is 35.5. The third-order valence-corrected chi connectivity index (χ3v) is 3.94. The maximum atomic E-state index is 6.24. The van der Waals surface area contributed by atoms with Crippen molar-refractivity contribution >= 4 is 11.6 Å². The van der Waals surface area contributed by atoms with E-state index in [-0.39, 0.29) is 6.04 Å². The van der Waals surface area contributed by atoms with Crippen molar-refractivity contribution in [2.24, 2.45) is 11.7 Å². The predicted octanol–water partition coefficient (Wildman–Crippen LogP) is 4.23. The van der Waals surface area contributed by atoms with Crippen LogP contribution in [0, 0.1) is 12.8 Å². The molecule has 0 radical (unpaired) electrons. The molecule has 0 saturated heterocycles. The first-order valence-electron chi connectivity index (χ1n) is 6.18. The molecule has 0 aliphatic heterocycles. The van der Waals surface area contributed by atoms with Gasteiger partial charge in [-0.2, -0.15) is 0 Å². The van der Waals surface area contributed by atoms with Gasteiger partial charge in [-0.1, -0.05) is 49.4 Å². The van der Waals surface area contributed by atoms with Gasteiger partial charge in [-0.05, 0) is 36.5 Å². The number of halogens is 1. The predicted molar refractivity (Wildman–Crippen MR) is 69.7 cm³/mol. The average Bonchev–Trinajstić information content (AvgIpc) is 2.70. The van der Waals surface area contributed by atoms with Crippen LogP contribution in [0.15, 0.2) is 18.2 Å². The third kappa shape index (κ3) is 2.78. The van der Waals surface area contributed by atoms with Crippen molar-refractivity contribution in [3.05, 3.63) is 34.3 Å². The van der Waals surface area contributed by atoms with Gasteiger partial charge in [-0.3, -0.25) is 0 Å². The minimum absolute atomic E-state index is 0.108. The van der Waals surface area contributed by atoms with E-state index in [1.807, 2.05) is 6.07 Å². The van der Waals surface area contributed by atoms with Gasteiger partial charge in [0.2, 0.25) is 0 Å². The molecule has 2 N–H and O–H groups in total. The Kier molecular flexibility index (Phi) is 3.88. The van der Waals surface area contributed by atoms with Gasteiger partial charge in [0.25, 0.3) is 0 Å². The van der Waals surface area contributed by atoms with Crippen LogP contribution in [-0.4, -0.2) is 0 Å². The van der Waals surface area contributed by atoms with Crippen molar-refractivity contribution < 1.29 is 0 Å². The van der Waals surface area contributed by atoms with Crippen molar-refractivity contribution in [1.29, 1.82) is 0 Å². The molecule has 1 saturated carbocycles. The Morgan fingerprint density at radius 3 is 2.69 bits per heavy atom. The van der Waals surface area contributed by atoms with Crippen LogP contribution in [0.1, 0.15) is 49.3 Å². The van der Waals surface area contributed by atoms with Crippen LogP contribution in [0.4, 0.5) is 0 Å². The van der Waals surface area contributed by atoms with E-state index in [1.54, 1.807) is 0 Å². The number of hydrogen-bond donors (Lipinski definition) is 1. The highest BCUT2D eigenvalue weighted by molar-refractivity contribution is 6.31. The quantitative estimate of drug-likeness (QED) is 0.837. The second-order valence-corrected chi connectivity index (χ2v) is 5.42. The summed E-state index contributed by atoms with van der Waals surface area (Å²) in [6.07, 6.45) is 6.52. The monoisotopic (exact) mass is 237 g/mol. The van der Waals surface area contributed by atoms with E-state index < -0.39 is 0 Å². The van der Waals surface area contributed by atoms with E-state index in [9.17, 15) is 0 Å². The molecule has 16 heavy (non-hydrogen) atoms. The first-order chi connectivity index (χ1) is 7.66. The summed E-state index contributed by atoms with van der Waals surface area (Å²) >= 11 is 6.23. The maximum Gasteiger partial charge on any atom is 0.0456 e. The minimum atomic E-state index is 0.108. The van der Waals surface area contributed by atoms with Crippen LogP contribution in [0.2, 0.25) is 5.02 Å². The van der Waals surface area contributed by atoms with Crippen LogP contribution in [0.25, 0.3) is 0 Å². The molecule has 0 amide bonds. The Labute approximate surface area is 103 Å². The summed E-state index contributed by atoms with van der Waals surface area (Å²) in [5.74, 6) is 0.812. The summed E-state index contributed by atoms with van der Waals surface area (Å²) in [7, 11) is 0. The molecule has 1 atom stereocenters. The third-order valence-electron chi connectivity index (χ3n) is 3.62. The molecule has 88 valence electrons. The maximum absolute atomic E-state index is 6.24. The molecule has 1 nitrogen and oxygen atoms in total. The van der Waals surface area contributed by atoms with Gasteiger partial charge >= 0.3 is 0 Å². The van der Waals surface area contributed by atoms with Crippen molar-refractivity contribution in [3.63, 3.8) is 0 Å². The van der Waals surface area contributed by atoms with E-state index in [1.165, 1.54) is 31.2 Å². The Hall–Kier alpha value is -0.530. The number of aryl methyl sites for hydroxylation is 1. The molecule has 0 bridgehead atoms. The summed E-state index contributed by atoms with van der Waals surface area (Å²) in [6, 6.07) is 6.29. The van der Waals surface area contributed by atoms with E-state index >= 15 is 0 Å². The lowest BCUT2D eigenvalue weighted by Crippen LogP contribution is -2.14. The Morgan fingerprint density at radius 1 is 1.38 bits per heavy atom. The van der Waals surface area contributed by atoms with Gasteiger partial charge < -0.3 is 5.73 Å². The van der Waals surface area contributed by atoms with Gasteiger partial charge in [-0.15, -0.1) is 0 Å². The van der Waals surface area contributed by atoms with Crippen LogP contribution >= 0.6 is 11.6 Å². The first kappa shape index (κ1) is 11.9. The first-order valence-corrected chi connectivity index (χ1v) is 6.56. The molecular formula is C14H20ClN. The van der Waals surface area contributed by atoms with Crippen molar-refractivity contribution in [1.82, 2.24) is 0 Å². The molecule has 2 heteroatoms. The number of nitrogens with two attached hydrogens (primary N) is 1. The summed E-state index contributed by atoms with van der Waals surface area (Å²) < 4.78 is 0. The smallest absolute Gasteiger partial charge is 0.0456 e. The largest absolute Gasteiger partial charge is 0.324 e. The van der Waals surface area contributed by atoms with Crippen LogP contribution in [-0.2, 0) is 0 Å². The molecule has 1 aliphatic rings. The minimum Gasteiger partial charge on any atom is -0.324 e. The van der Waals surface area contributed by atoms with Crippen LogP contribution in [0.3, 0.4) is 0 Å². The van der Waals surface area contributed by atoms with E-state index in [0.717, 1.165) is 22.9 Å². The Morgan fingerprint density at radius 2 is 2.06 bits per heavy atom. The molecule has 1 unspecified atom stereocenters. The van der Waals surface area contributed by atoms with Gasteiger partial charge in [0.1, 0.15) is 0 Å². The lowest BCUT2D eigenvalue weighted by atomic mass is 9.94. The SMILES string of the molecule is Cc1ccc(C(N)CC2CCCC2)c(Cl)c1. The second-order valence-electron chi connectivity index (χ2n) is 5.02. The number of benzene rings is 1. The van der Waals surface area contributed by atoms with Gasteiger partial charge in [0, 0.05) is 11.1 Å². The molecule has 1 fully saturated rings. The fourth-order valence-corrected chi connectivity index (χ4v) is 3.04. The highest BCUT2D eigenvalue weighted by Crippen LogP contribution is 2.34. The topological polar surface area (TPSA) is 26.0 Å². The Balaban J connectivity index is 2.04. The van der Waals surface area contributed by atoms with E-state index in [4.69, 9.17) is 17.3 Å². The fraction of sp³-hybridized carbons (Fsp3) is 0.571.